The predicted octanol–water partition coefficient (Wildman–Crippen LogP) is 5.67. The van der Waals surface area contributed by atoms with Gasteiger partial charge in [0.1, 0.15) is 17.1 Å². The predicted molar refractivity (Wildman–Crippen MR) is 116 cm³/mol. The van der Waals surface area contributed by atoms with Gasteiger partial charge in [0.15, 0.2) is 0 Å². The monoisotopic (exact) mass is 407 g/mol. The summed E-state index contributed by atoms with van der Waals surface area (Å²) in [7, 11) is 0. The van der Waals surface area contributed by atoms with Crippen LogP contribution in [0.3, 0.4) is 0 Å². The Morgan fingerprint density at radius 1 is 1.10 bits per heavy atom. The molecule has 2 heterocycles. The van der Waals surface area contributed by atoms with Crippen molar-refractivity contribution in [2.24, 2.45) is 0 Å². The van der Waals surface area contributed by atoms with Crippen LogP contribution in [-0.4, -0.2) is 26.8 Å². The van der Waals surface area contributed by atoms with Crippen molar-refractivity contribution in [3.63, 3.8) is 0 Å². The number of aromatic nitrogens is 2. The minimum Gasteiger partial charge on any atom is -0.456 e. The van der Waals surface area contributed by atoms with Crippen LogP contribution in [0.2, 0.25) is 0 Å². The van der Waals surface area contributed by atoms with E-state index in [4.69, 9.17) is 10.1 Å². The number of nitrogens with one attached hydrogen (secondary N) is 1. The Bertz CT molecular complexity index is 1030. The zero-order valence-electron chi connectivity index (χ0n) is 17.6. The SMILES string of the molecule is CC(CC(=N)C(=O)OC(C)(C)C)n1ccc(-c2ccc(F)cc2)c1-c1ccncc1. The number of hydrogen-bond acceptors (Lipinski definition) is 4. The number of ether oxygens (including phenoxy) is 1. The summed E-state index contributed by atoms with van der Waals surface area (Å²) in [5.41, 5.74) is 2.99. The molecule has 0 aliphatic heterocycles. The molecule has 1 unspecified atom stereocenters. The average molecular weight is 407 g/mol. The maximum absolute atomic E-state index is 13.4. The van der Waals surface area contributed by atoms with Crippen LogP contribution >= 0.6 is 0 Å². The third-order valence-corrected chi connectivity index (χ3v) is 4.64. The van der Waals surface area contributed by atoms with Crippen molar-refractivity contribution in [1.29, 1.82) is 5.41 Å². The van der Waals surface area contributed by atoms with Crippen molar-refractivity contribution < 1.29 is 13.9 Å². The van der Waals surface area contributed by atoms with E-state index in [1.54, 1.807) is 45.3 Å². The van der Waals surface area contributed by atoms with Crippen LogP contribution < -0.4 is 0 Å². The molecule has 30 heavy (non-hydrogen) atoms. The first kappa shape index (κ1) is 21.4. The normalized spacial score (nSPS) is 12.4. The van der Waals surface area contributed by atoms with Crippen LogP contribution in [0, 0.1) is 11.2 Å². The first-order chi connectivity index (χ1) is 14.2. The largest absolute Gasteiger partial charge is 0.456 e. The standard InChI is InChI=1S/C24H26FN3O2/c1-16(15-21(26)23(29)30-24(2,3)4)28-14-11-20(17-5-7-19(25)8-6-17)22(28)18-9-12-27-13-10-18/h5-14,16,26H,15H2,1-4H3. The van der Waals surface area contributed by atoms with Gasteiger partial charge in [-0.15, -0.1) is 0 Å². The highest BCUT2D eigenvalue weighted by Crippen LogP contribution is 2.35. The molecule has 0 saturated carbocycles. The van der Waals surface area contributed by atoms with Crippen molar-refractivity contribution in [2.75, 3.05) is 0 Å². The maximum atomic E-state index is 13.4. The number of nitrogens with zero attached hydrogens (tertiary/aromatic N) is 2. The van der Waals surface area contributed by atoms with Crippen molar-refractivity contribution in [1.82, 2.24) is 9.55 Å². The van der Waals surface area contributed by atoms with E-state index >= 15 is 0 Å². The molecule has 0 aliphatic rings. The van der Waals surface area contributed by atoms with Crippen LogP contribution in [0.15, 0.2) is 61.1 Å². The minimum absolute atomic E-state index is 0.0739. The molecule has 1 N–H and O–H groups in total. The number of pyridine rings is 1. The van der Waals surface area contributed by atoms with E-state index in [1.807, 2.05) is 35.9 Å². The summed E-state index contributed by atoms with van der Waals surface area (Å²) in [5.74, 6) is -0.895. The summed E-state index contributed by atoms with van der Waals surface area (Å²) in [5, 5.41) is 8.18. The fourth-order valence-electron chi connectivity index (χ4n) is 3.31. The zero-order valence-corrected chi connectivity index (χ0v) is 17.6. The van der Waals surface area contributed by atoms with Crippen molar-refractivity contribution in [2.45, 2.75) is 45.8 Å². The van der Waals surface area contributed by atoms with E-state index in [1.165, 1.54) is 12.1 Å². The molecule has 0 bridgehead atoms. The first-order valence-corrected chi connectivity index (χ1v) is 9.83. The Kier molecular flexibility index (Phi) is 6.15. The van der Waals surface area contributed by atoms with E-state index in [0.717, 1.165) is 22.4 Å². The topological polar surface area (TPSA) is 68.0 Å². The maximum Gasteiger partial charge on any atom is 0.352 e. The number of esters is 1. The molecule has 3 aromatic rings. The number of hydrogen-bond donors (Lipinski definition) is 1. The highest BCUT2D eigenvalue weighted by Gasteiger charge is 2.23. The van der Waals surface area contributed by atoms with Gasteiger partial charge in [-0.2, -0.15) is 0 Å². The molecule has 6 heteroatoms. The molecule has 3 rings (SSSR count). The molecule has 5 nitrogen and oxygen atoms in total. The fourth-order valence-corrected chi connectivity index (χ4v) is 3.31. The lowest BCUT2D eigenvalue weighted by molar-refractivity contribution is -0.146. The third kappa shape index (κ3) is 5.00. The van der Waals surface area contributed by atoms with Crippen molar-refractivity contribution in [3.8, 4) is 22.4 Å². The second-order valence-corrected chi connectivity index (χ2v) is 8.26. The molecule has 1 aromatic carbocycles. The number of benzene rings is 1. The summed E-state index contributed by atoms with van der Waals surface area (Å²) in [4.78, 5) is 16.3. The number of carbonyl (C=O) groups excluding carboxylic acids is 1. The molecule has 0 radical (unpaired) electrons. The van der Waals surface area contributed by atoms with Gasteiger partial charge in [0.05, 0.1) is 5.69 Å². The summed E-state index contributed by atoms with van der Waals surface area (Å²) in [6.07, 6.45) is 5.59. The number of carbonyl (C=O) groups is 1. The van der Waals surface area contributed by atoms with Crippen LogP contribution in [0.4, 0.5) is 4.39 Å². The Hall–Kier alpha value is -3.28. The Morgan fingerprint density at radius 2 is 1.73 bits per heavy atom. The van der Waals surface area contributed by atoms with Crippen LogP contribution in [0.25, 0.3) is 22.4 Å². The first-order valence-electron chi connectivity index (χ1n) is 9.83. The molecule has 0 fully saturated rings. The van der Waals surface area contributed by atoms with Crippen molar-refractivity contribution >= 4 is 11.7 Å². The Morgan fingerprint density at radius 3 is 2.33 bits per heavy atom. The second-order valence-electron chi connectivity index (χ2n) is 8.26. The molecule has 0 spiro atoms. The lowest BCUT2D eigenvalue weighted by Crippen LogP contribution is -2.29. The van der Waals surface area contributed by atoms with Gasteiger partial charge < -0.3 is 9.30 Å². The molecular formula is C24H26FN3O2. The highest BCUT2D eigenvalue weighted by atomic mass is 19.1. The highest BCUT2D eigenvalue weighted by molar-refractivity contribution is 6.35. The summed E-state index contributed by atoms with van der Waals surface area (Å²) >= 11 is 0. The van der Waals surface area contributed by atoms with Gasteiger partial charge >= 0.3 is 5.97 Å². The molecule has 1 atom stereocenters. The van der Waals surface area contributed by atoms with Crippen molar-refractivity contribution in [3.05, 3.63) is 66.9 Å². The van der Waals surface area contributed by atoms with E-state index in [0.29, 0.717) is 0 Å². The Balaban J connectivity index is 1.95. The lowest BCUT2D eigenvalue weighted by Gasteiger charge is -2.22. The molecule has 0 aliphatic carbocycles. The van der Waals surface area contributed by atoms with Crippen LogP contribution in [0.5, 0.6) is 0 Å². The molecule has 0 saturated heterocycles. The summed E-state index contributed by atoms with van der Waals surface area (Å²) in [6, 6.07) is 12.0. The van der Waals surface area contributed by atoms with E-state index in [9.17, 15) is 9.18 Å². The summed E-state index contributed by atoms with van der Waals surface area (Å²) in [6.45, 7) is 7.30. The van der Waals surface area contributed by atoms with Gasteiger partial charge in [-0.05, 0) is 63.6 Å². The summed E-state index contributed by atoms with van der Waals surface area (Å²) < 4.78 is 20.8. The average Bonchev–Trinajstić information content (AvgIpc) is 3.13. The fraction of sp³-hybridized carbons (Fsp3) is 0.292. The van der Waals surface area contributed by atoms with E-state index in [2.05, 4.69) is 4.98 Å². The van der Waals surface area contributed by atoms with Gasteiger partial charge in [0, 0.05) is 42.2 Å². The number of halogens is 1. The van der Waals surface area contributed by atoms with Gasteiger partial charge in [-0.3, -0.25) is 10.4 Å². The minimum atomic E-state index is -0.641. The lowest BCUT2D eigenvalue weighted by atomic mass is 10.0. The van der Waals surface area contributed by atoms with E-state index in [-0.39, 0.29) is 24.0 Å². The molecule has 0 amide bonds. The Labute approximate surface area is 176 Å². The molecule has 2 aromatic heterocycles. The van der Waals surface area contributed by atoms with Gasteiger partial charge in [0.25, 0.3) is 0 Å². The second kappa shape index (κ2) is 8.61. The molecule has 156 valence electrons. The van der Waals surface area contributed by atoms with Gasteiger partial charge in [0.2, 0.25) is 0 Å². The smallest absolute Gasteiger partial charge is 0.352 e. The van der Waals surface area contributed by atoms with Crippen LogP contribution in [-0.2, 0) is 9.53 Å². The van der Waals surface area contributed by atoms with E-state index < -0.39 is 11.6 Å². The van der Waals surface area contributed by atoms with Gasteiger partial charge in [-0.1, -0.05) is 12.1 Å². The van der Waals surface area contributed by atoms with Crippen LogP contribution in [0.1, 0.15) is 40.2 Å². The quantitative estimate of drug-likeness (QED) is 0.423. The molecular weight excluding hydrogens is 381 g/mol. The third-order valence-electron chi connectivity index (χ3n) is 4.64. The number of rotatable bonds is 6. The zero-order chi connectivity index (χ0) is 21.9. The van der Waals surface area contributed by atoms with Gasteiger partial charge in [-0.25, -0.2) is 9.18 Å².